The molecule has 2 aromatic rings. The Morgan fingerprint density at radius 3 is 2.91 bits per heavy atom. The molecule has 9 heteroatoms. The van der Waals surface area contributed by atoms with Crippen LogP contribution in [-0.2, 0) is 13.0 Å². The number of hydrazine groups is 1. The molecule has 180 valence electrons. The van der Waals surface area contributed by atoms with Crippen LogP contribution in [0.2, 0.25) is 0 Å². The summed E-state index contributed by atoms with van der Waals surface area (Å²) in [6.45, 7) is 9.39. The first-order chi connectivity index (χ1) is 15.8. The van der Waals surface area contributed by atoms with Crippen molar-refractivity contribution in [1.82, 2.24) is 14.6 Å². The summed E-state index contributed by atoms with van der Waals surface area (Å²) < 4.78 is 20.4. The number of halogens is 1. The molecule has 0 saturated heterocycles. The second-order valence-corrected chi connectivity index (χ2v) is 8.11. The highest BCUT2D eigenvalue weighted by Crippen LogP contribution is 2.17. The number of aromatic nitrogens is 2. The van der Waals surface area contributed by atoms with Gasteiger partial charge in [0.05, 0.1) is 12.8 Å². The van der Waals surface area contributed by atoms with Gasteiger partial charge in [0.1, 0.15) is 5.75 Å². The van der Waals surface area contributed by atoms with Crippen LogP contribution in [0.25, 0.3) is 0 Å². The van der Waals surface area contributed by atoms with Gasteiger partial charge in [0.15, 0.2) is 0 Å². The van der Waals surface area contributed by atoms with E-state index in [0.29, 0.717) is 38.3 Å². The van der Waals surface area contributed by atoms with Gasteiger partial charge in [-0.25, -0.2) is 10.6 Å². The van der Waals surface area contributed by atoms with Crippen LogP contribution in [-0.4, -0.2) is 34.4 Å². The smallest absolute Gasteiger partial charge is 0.328 e. The summed E-state index contributed by atoms with van der Waals surface area (Å²) in [5.41, 5.74) is 0.303. The fraction of sp³-hybridized carbons (Fsp3) is 0.458. The maximum atomic E-state index is 13.4. The first-order valence-electron chi connectivity index (χ1n) is 11.2. The van der Waals surface area contributed by atoms with Gasteiger partial charge in [-0.3, -0.25) is 19.3 Å². The predicted octanol–water partition coefficient (Wildman–Crippen LogP) is 3.23. The highest BCUT2D eigenvalue weighted by Gasteiger charge is 2.08. The zero-order chi connectivity index (χ0) is 24.2. The second kappa shape index (κ2) is 13.4. The van der Waals surface area contributed by atoms with Gasteiger partial charge in [0, 0.05) is 25.0 Å². The molecule has 1 aromatic heterocycles. The fourth-order valence-corrected chi connectivity index (χ4v) is 3.17. The van der Waals surface area contributed by atoms with Crippen molar-refractivity contribution in [3.63, 3.8) is 0 Å². The molecule has 0 saturated carbocycles. The number of H-pyrrole nitrogens is 1. The Kier molecular flexibility index (Phi) is 10.6. The van der Waals surface area contributed by atoms with Crippen LogP contribution in [0.5, 0.6) is 5.75 Å². The number of aromatic amines is 1. The Morgan fingerprint density at radius 1 is 1.39 bits per heavy atom. The zero-order valence-electron chi connectivity index (χ0n) is 19.4. The average Bonchev–Trinajstić information content (AvgIpc) is 2.81. The number of ether oxygens (including phenoxy) is 1. The lowest BCUT2D eigenvalue weighted by molar-refractivity contribution is 0.256. The minimum atomic E-state index is -1.01. The topological polar surface area (TPSA) is 106 Å². The van der Waals surface area contributed by atoms with E-state index in [4.69, 9.17) is 10.6 Å². The number of hydrogen-bond acceptors (Lipinski definition) is 6. The maximum absolute atomic E-state index is 13.4. The number of aryl methyl sites for hydroxylation is 1. The third-order valence-corrected chi connectivity index (χ3v) is 5.43. The first-order valence-corrected chi connectivity index (χ1v) is 11.2. The molecular formula is C24H34FN5O3. The molecule has 0 bridgehead atoms. The van der Waals surface area contributed by atoms with E-state index in [1.807, 2.05) is 29.2 Å². The molecule has 8 nitrogen and oxygen atoms in total. The summed E-state index contributed by atoms with van der Waals surface area (Å²) in [7, 11) is 0. The molecule has 2 rings (SSSR count). The monoisotopic (exact) mass is 459 g/mol. The van der Waals surface area contributed by atoms with E-state index in [0.717, 1.165) is 40.6 Å². The molecule has 1 aromatic carbocycles. The number of benzene rings is 1. The first kappa shape index (κ1) is 26.1. The Hall–Kier alpha value is -3.20. The Balaban J connectivity index is 1.85. The number of nitrogens with zero attached hydrogens (tertiary/aromatic N) is 3. The maximum Gasteiger partial charge on any atom is 0.328 e. The molecule has 33 heavy (non-hydrogen) atoms. The second-order valence-electron chi connectivity index (χ2n) is 8.11. The number of nitrogens with one attached hydrogen (secondary N) is 1. The van der Waals surface area contributed by atoms with Crippen molar-refractivity contribution in [2.45, 2.75) is 52.5 Å². The van der Waals surface area contributed by atoms with Crippen molar-refractivity contribution in [3.05, 3.63) is 74.6 Å². The Bertz CT molecular complexity index is 1050. The van der Waals surface area contributed by atoms with Gasteiger partial charge < -0.3 is 9.75 Å². The van der Waals surface area contributed by atoms with Crippen molar-refractivity contribution < 1.29 is 9.13 Å². The molecule has 0 aliphatic carbocycles. The fourth-order valence-electron chi connectivity index (χ4n) is 3.17. The molecule has 1 heterocycles. The lowest BCUT2D eigenvalue weighted by atomic mass is 10.1. The van der Waals surface area contributed by atoms with Gasteiger partial charge in [0.2, 0.25) is 5.82 Å². The molecule has 0 aliphatic heterocycles. The SMILES string of the molecule is C=N/C=C(/CCCCn1cc(F)c(=O)[nH]c1=O)N(N)CCc1cccc(OC[C@@H](C)CC)c1. The summed E-state index contributed by atoms with van der Waals surface area (Å²) in [6.07, 6.45) is 6.28. The summed E-state index contributed by atoms with van der Waals surface area (Å²) >= 11 is 0. The quantitative estimate of drug-likeness (QED) is 0.195. The van der Waals surface area contributed by atoms with Crippen LogP contribution < -0.4 is 21.8 Å². The van der Waals surface area contributed by atoms with Crippen molar-refractivity contribution in [1.29, 1.82) is 0 Å². The van der Waals surface area contributed by atoms with Crippen LogP contribution in [0.1, 0.15) is 45.1 Å². The zero-order valence-corrected chi connectivity index (χ0v) is 19.4. The minimum absolute atomic E-state index is 0.287. The van der Waals surface area contributed by atoms with Gasteiger partial charge in [-0.1, -0.05) is 32.4 Å². The van der Waals surface area contributed by atoms with Crippen LogP contribution in [0.3, 0.4) is 0 Å². The van der Waals surface area contributed by atoms with E-state index in [-0.39, 0.29) is 6.54 Å². The number of nitrogens with two attached hydrogens (primary N) is 1. The standard InChI is InChI=1S/C24H34FN5O3/c1-4-18(2)17-33-21-10-7-8-19(14-21)11-13-30(26)20(15-27-3)9-5-6-12-29-16-22(25)23(31)28-24(29)32/h7-8,10,14-16,18H,3-6,9,11-13,17,26H2,1-2H3,(H,28,31,32)/b20-15-/t18-/m0/s1. The van der Waals surface area contributed by atoms with Crippen LogP contribution in [0.4, 0.5) is 4.39 Å². The van der Waals surface area contributed by atoms with E-state index in [2.05, 4.69) is 25.6 Å². The van der Waals surface area contributed by atoms with Crippen molar-refractivity contribution in [2.24, 2.45) is 16.8 Å². The third-order valence-electron chi connectivity index (χ3n) is 5.43. The number of hydrogen-bond donors (Lipinski definition) is 2. The van der Waals surface area contributed by atoms with Crippen molar-refractivity contribution >= 4 is 6.72 Å². The van der Waals surface area contributed by atoms with E-state index < -0.39 is 17.1 Å². The molecule has 0 aliphatic rings. The van der Waals surface area contributed by atoms with E-state index in [1.54, 1.807) is 11.2 Å². The van der Waals surface area contributed by atoms with Crippen LogP contribution in [0, 0.1) is 11.7 Å². The van der Waals surface area contributed by atoms with Gasteiger partial charge in [-0.05, 0) is 56.0 Å². The largest absolute Gasteiger partial charge is 0.493 e. The predicted molar refractivity (Wildman–Crippen MR) is 129 cm³/mol. The summed E-state index contributed by atoms with van der Waals surface area (Å²) in [5, 5.41) is 1.65. The molecular weight excluding hydrogens is 425 g/mol. The molecule has 0 spiro atoms. The van der Waals surface area contributed by atoms with Gasteiger partial charge in [-0.2, -0.15) is 4.39 Å². The lowest BCUT2D eigenvalue weighted by Gasteiger charge is -2.22. The number of rotatable bonds is 14. The Morgan fingerprint density at radius 2 is 2.18 bits per heavy atom. The highest BCUT2D eigenvalue weighted by molar-refractivity contribution is 5.29. The molecule has 0 amide bonds. The average molecular weight is 460 g/mol. The van der Waals surface area contributed by atoms with Gasteiger partial charge in [-0.15, -0.1) is 0 Å². The van der Waals surface area contributed by atoms with E-state index in [9.17, 15) is 14.0 Å². The van der Waals surface area contributed by atoms with Crippen LogP contribution >= 0.6 is 0 Å². The minimum Gasteiger partial charge on any atom is -0.493 e. The number of unbranched alkanes of at least 4 members (excludes halogenated alkanes) is 1. The summed E-state index contributed by atoms with van der Waals surface area (Å²) in [5.74, 6) is 6.65. The summed E-state index contributed by atoms with van der Waals surface area (Å²) in [4.78, 5) is 28.7. The van der Waals surface area contributed by atoms with Crippen molar-refractivity contribution in [2.75, 3.05) is 13.2 Å². The number of allylic oxidation sites excluding steroid dienone is 1. The van der Waals surface area contributed by atoms with Gasteiger partial charge >= 0.3 is 5.69 Å². The van der Waals surface area contributed by atoms with Crippen molar-refractivity contribution in [3.8, 4) is 5.75 Å². The normalized spacial score (nSPS) is 12.4. The van der Waals surface area contributed by atoms with Crippen LogP contribution in [0.15, 0.2) is 56.9 Å². The number of aliphatic imine (C=N–C) groups is 1. The Labute approximate surface area is 193 Å². The third kappa shape index (κ3) is 8.69. The summed E-state index contributed by atoms with van der Waals surface area (Å²) in [6, 6.07) is 8.01. The molecule has 0 unspecified atom stereocenters. The molecule has 1 atom stereocenters. The molecule has 0 radical (unpaired) electrons. The molecule has 0 fully saturated rings. The van der Waals surface area contributed by atoms with E-state index >= 15 is 0 Å². The van der Waals surface area contributed by atoms with Gasteiger partial charge in [0.25, 0.3) is 5.56 Å². The highest BCUT2D eigenvalue weighted by atomic mass is 19.1. The van der Waals surface area contributed by atoms with E-state index in [1.165, 1.54) is 0 Å². The lowest BCUT2D eigenvalue weighted by Crippen LogP contribution is -2.32. The molecule has 3 N–H and O–H groups in total.